The number of allylic oxidation sites excluding steroid dienone is 1. The van der Waals surface area contributed by atoms with Gasteiger partial charge < -0.3 is 0 Å². The molecule has 0 aromatic heterocycles. The van der Waals surface area contributed by atoms with Crippen molar-refractivity contribution in [1.29, 1.82) is 5.26 Å². The zero-order chi connectivity index (χ0) is 19.8. The van der Waals surface area contributed by atoms with Crippen LogP contribution in [0.25, 0.3) is 16.7 Å². The van der Waals surface area contributed by atoms with Gasteiger partial charge in [-0.05, 0) is 28.8 Å². The summed E-state index contributed by atoms with van der Waals surface area (Å²) in [7, 11) is 0. The van der Waals surface area contributed by atoms with Gasteiger partial charge in [0.2, 0.25) is 0 Å². The number of hydrogen-bond donors (Lipinski definition) is 0. The first kappa shape index (κ1) is 18.6. The van der Waals surface area contributed by atoms with Gasteiger partial charge in [-0.25, -0.2) is 19.4 Å². The second-order valence-electron chi connectivity index (χ2n) is 5.71. The zero-order valence-electron chi connectivity index (χ0n) is 14.7. The molecule has 5 heteroatoms. The van der Waals surface area contributed by atoms with Crippen LogP contribution in [0, 0.1) is 11.3 Å². The Kier molecular flexibility index (Phi) is 5.96. The normalized spacial score (nSPS) is 10.6. The van der Waals surface area contributed by atoms with Crippen molar-refractivity contribution in [3.05, 3.63) is 102 Å². The molecule has 0 aliphatic carbocycles. The third kappa shape index (κ3) is 4.32. The molecular formula is C23H15NO4. The number of nitriles is 1. The van der Waals surface area contributed by atoms with Gasteiger partial charge in [0.1, 0.15) is 0 Å². The molecule has 0 heterocycles. The molecule has 0 saturated heterocycles. The monoisotopic (exact) mass is 369 g/mol. The molecule has 0 radical (unpaired) electrons. The number of nitrogens with zero attached hydrogens (tertiary/aromatic N) is 1. The molecule has 3 aromatic carbocycles. The SMILES string of the molecule is N#C/C=C(\C(=O)OOC(=O)c1ccccc1)c1ccccc1-c1ccccc1. The maximum absolute atomic E-state index is 12.5. The molecule has 136 valence electrons. The third-order valence-corrected chi connectivity index (χ3v) is 3.93. The molecule has 0 N–H and O–H groups in total. The van der Waals surface area contributed by atoms with Crippen LogP contribution in [0.15, 0.2) is 91.0 Å². The molecule has 0 fully saturated rings. The van der Waals surface area contributed by atoms with Crippen LogP contribution in [-0.2, 0) is 14.6 Å². The summed E-state index contributed by atoms with van der Waals surface area (Å²) >= 11 is 0. The van der Waals surface area contributed by atoms with Crippen molar-refractivity contribution in [2.45, 2.75) is 0 Å². The number of hydrogen-bond acceptors (Lipinski definition) is 5. The molecule has 0 spiro atoms. The minimum Gasteiger partial charge on any atom is -0.242 e. The lowest BCUT2D eigenvalue weighted by atomic mass is 9.94. The molecular weight excluding hydrogens is 354 g/mol. The summed E-state index contributed by atoms with van der Waals surface area (Å²) in [6.07, 6.45) is 1.07. The van der Waals surface area contributed by atoms with Crippen LogP contribution in [0.2, 0.25) is 0 Å². The van der Waals surface area contributed by atoms with E-state index in [2.05, 4.69) is 4.89 Å². The molecule has 5 nitrogen and oxygen atoms in total. The lowest BCUT2D eigenvalue weighted by molar-refractivity contribution is -0.226. The summed E-state index contributed by atoms with van der Waals surface area (Å²) in [5, 5.41) is 9.12. The largest absolute Gasteiger partial charge is 0.387 e. The van der Waals surface area contributed by atoms with E-state index in [1.807, 2.05) is 48.5 Å². The molecule has 0 aliphatic rings. The van der Waals surface area contributed by atoms with E-state index >= 15 is 0 Å². The highest BCUT2D eigenvalue weighted by molar-refractivity contribution is 6.18. The summed E-state index contributed by atoms with van der Waals surface area (Å²) < 4.78 is 0. The van der Waals surface area contributed by atoms with E-state index in [9.17, 15) is 9.59 Å². The van der Waals surface area contributed by atoms with Crippen LogP contribution in [0.4, 0.5) is 0 Å². The fourth-order valence-electron chi connectivity index (χ4n) is 2.64. The lowest BCUT2D eigenvalue weighted by Gasteiger charge is -2.11. The summed E-state index contributed by atoms with van der Waals surface area (Å²) in [4.78, 5) is 33.9. The zero-order valence-corrected chi connectivity index (χ0v) is 14.7. The van der Waals surface area contributed by atoms with Crippen molar-refractivity contribution in [2.24, 2.45) is 0 Å². The standard InChI is InChI=1S/C23H15NO4/c24-16-15-21(23(26)28-27-22(25)18-11-5-2-6-12-18)20-14-8-7-13-19(20)17-9-3-1-4-10-17/h1-15H/b21-15-. The van der Waals surface area contributed by atoms with E-state index in [1.54, 1.807) is 30.3 Å². The molecule has 0 amide bonds. The number of rotatable bonds is 4. The van der Waals surface area contributed by atoms with Gasteiger partial charge in [-0.3, -0.25) is 0 Å². The Morgan fingerprint density at radius 2 is 1.39 bits per heavy atom. The van der Waals surface area contributed by atoms with E-state index in [-0.39, 0.29) is 11.1 Å². The van der Waals surface area contributed by atoms with Crippen molar-refractivity contribution >= 4 is 17.5 Å². The third-order valence-electron chi connectivity index (χ3n) is 3.93. The average molecular weight is 369 g/mol. The van der Waals surface area contributed by atoms with Crippen LogP contribution in [0.1, 0.15) is 15.9 Å². The Balaban J connectivity index is 1.85. The van der Waals surface area contributed by atoms with Crippen LogP contribution in [0.5, 0.6) is 0 Å². The first-order chi connectivity index (χ1) is 13.7. The van der Waals surface area contributed by atoms with Gasteiger partial charge >= 0.3 is 11.9 Å². The predicted octanol–water partition coefficient (Wildman–Crippen LogP) is 4.58. The van der Waals surface area contributed by atoms with E-state index in [1.165, 1.54) is 12.1 Å². The quantitative estimate of drug-likeness (QED) is 0.291. The molecule has 0 bridgehead atoms. The van der Waals surface area contributed by atoms with E-state index in [0.717, 1.165) is 17.2 Å². The van der Waals surface area contributed by atoms with Crippen LogP contribution >= 0.6 is 0 Å². The molecule has 28 heavy (non-hydrogen) atoms. The second kappa shape index (κ2) is 8.97. The van der Waals surface area contributed by atoms with Gasteiger partial charge in [-0.2, -0.15) is 5.26 Å². The van der Waals surface area contributed by atoms with Gasteiger partial charge in [-0.1, -0.05) is 72.8 Å². The van der Waals surface area contributed by atoms with Crippen LogP contribution < -0.4 is 0 Å². The van der Waals surface area contributed by atoms with Crippen LogP contribution in [-0.4, -0.2) is 11.9 Å². The molecule has 3 aromatic rings. The summed E-state index contributed by atoms with van der Waals surface area (Å²) in [6.45, 7) is 0. The molecule has 0 atom stereocenters. The fraction of sp³-hybridized carbons (Fsp3) is 0. The van der Waals surface area contributed by atoms with E-state index in [4.69, 9.17) is 10.1 Å². The van der Waals surface area contributed by atoms with E-state index in [0.29, 0.717) is 5.56 Å². The Morgan fingerprint density at radius 1 is 0.786 bits per heavy atom. The summed E-state index contributed by atoms with van der Waals surface area (Å²) in [5.74, 6) is -1.74. The highest BCUT2D eigenvalue weighted by Gasteiger charge is 2.20. The highest BCUT2D eigenvalue weighted by Crippen LogP contribution is 2.29. The molecule has 0 saturated carbocycles. The smallest absolute Gasteiger partial charge is 0.242 e. The average Bonchev–Trinajstić information content (AvgIpc) is 2.77. The van der Waals surface area contributed by atoms with E-state index < -0.39 is 11.9 Å². The van der Waals surface area contributed by atoms with Gasteiger partial charge in [0.25, 0.3) is 0 Å². The number of carbonyl (C=O) groups is 2. The fourth-order valence-corrected chi connectivity index (χ4v) is 2.64. The first-order valence-corrected chi connectivity index (χ1v) is 8.43. The van der Waals surface area contributed by atoms with Crippen molar-refractivity contribution in [3.63, 3.8) is 0 Å². The summed E-state index contributed by atoms with van der Waals surface area (Å²) in [6, 6.07) is 26.5. The second-order valence-corrected chi connectivity index (χ2v) is 5.71. The van der Waals surface area contributed by atoms with Crippen molar-refractivity contribution in [2.75, 3.05) is 0 Å². The Morgan fingerprint density at radius 3 is 2.07 bits per heavy atom. The maximum atomic E-state index is 12.5. The van der Waals surface area contributed by atoms with Crippen molar-refractivity contribution in [3.8, 4) is 17.2 Å². The molecule has 3 rings (SSSR count). The summed E-state index contributed by atoms with van der Waals surface area (Å²) in [5.41, 5.74) is 2.34. The minimum absolute atomic E-state index is 0.0113. The predicted molar refractivity (Wildman–Crippen MR) is 103 cm³/mol. The van der Waals surface area contributed by atoms with Crippen molar-refractivity contribution < 1.29 is 19.4 Å². The lowest BCUT2D eigenvalue weighted by Crippen LogP contribution is -2.13. The number of benzene rings is 3. The van der Waals surface area contributed by atoms with Crippen LogP contribution in [0.3, 0.4) is 0 Å². The Hall–Kier alpha value is -4.17. The van der Waals surface area contributed by atoms with Gasteiger partial charge in [-0.15, -0.1) is 0 Å². The number of carbonyl (C=O) groups excluding carboxylic acids is 2. The van der Waals surface area contributed by atoms with Gasteiger partial charge in [0.15, 0.2) is 0 Å². The first-order valence-electron chi connectivity index (χ1n) is 8.43. The molecule has 0 aliphatic heterocycles. The maximum Gasteiger partial charge on any atom is 0.387 e. The minimum atomic E-state index is -0.936. The topological polar surface area (TPSA) is 76.4 Å². The van der Waals surface area contributed by atoms with Crippen molar-refractivity contribution in [1.82, 2.24) is 0 Å². The van der Waals surface area contributed by atoms with Gasteiger partial charge in [0.05, 0.1) is 17.2 Å². The Labute approximate surface area is 162 Å². The van der Waals surface area contributed by atoms with Gasteiger partial charge in [0, 0.05) is 6.08 Å². The molecule has 0 unspecified atom stereocenters. The highest BCUT2D eigenvalue weighted by atomic mass is 17.2. The Bertz CT molecular complexity index is 1050.